The van der Waals surface area contributed by atoms with Gasteiger partial charge in [0.15, 0.2) is 18.1 Å². The van der Waals surface area contributed by atoms with Gasteiger partial charge in [0.05, 0.1) is 6.61 Å². The van der Waals surface area contributed by atoms with Gasteiger partial charge in [0.2, 0.25) is 0 Å². The van der Waals surface area contributed by atoms with Crippen molar-refractivity contribution in [1.82, 2.24) is 10.2 Å². The maximum atomic E-state index is 12.1. The van der Waals surface area contributed by atoms with Gasteiger partial charge >= 0.3 is 0 Å². The molecule has 0 fully saturated rings. The van der Waals surface area contributed by atoms with E-state index in [1.807, 2.05) is 46.0 Å². The van der Waals surface area contributed by atoms with Crippen LogP contribution < -0.4 is 14.8 Å². The van der Waals surface area contributed by atoms with Crippen LogP contribution in [0.4, 0.5) is 0 Å². The molecule has 0 bridgehead atoms. The van der Waals surface area contributed by atoms with Crippen molar-refractivity contribution in [3.63, 3.8) is 0 Å². The number of likely N-dealkylation sites (N-methyl/N-ethyl adjacent to an activating group) is 1. The molecule has 0 aliphatic rings. The molecule has 0 aliphatic carbocycles. The molecule has 1 amide bonds. The molecule has 0 heterocycles. The summed E-state index contributed by atoms with van der Waals surface area (Å²) in [5.74, 6) is 1.31. The van der Waals surface area contributed by atoms with Crippen LogP contribution in [0.5, 0.6) is 11.5 Å². The second-order valence-electron chi connectivity index (χ2n) is 4.56. The fourth-order valence-electron chi connectivity index (χ4n) is 2.13. The van der Waals surface area contributed by atoms with E-state index in [9.17, 15) is 4.79 Å². The monoisotopic (exact) mass is 294 g/mol. The molecular formula is C16H26N2O3. The molecule has 0 aliphatic heterocycles. The number of rotatable bonds is 9. The van der Waals surface area contributed by atoms with Gasteiger partial charge in [0.1, 0.15) is 0 Å². The fraction of sp³-hybridized carbons (Fsp3) is 0.562. The van der Waals surface area contributed by atoms with Crippen LogP contribution in [0.2, 0.25) is 0 Å². The minimum absolute atomic E-state index is 0.0123. The molecule has 0 aromatic heterocycles. The first-order chi connectivity index (χ1) is 10.2. The minimum atomic E-state index is -0.0123. The molecule has 0 unspecified atom stereocenters. The van der Waals surface area contributed by atoms with Crippen molar-refractivity contribution < 1.29 is 14.3 Å². The van der Waals surface area contributed by atoms with Crippen LogP contribution in [0.25, 0.3) is 0 Å². The molecule has 0 saturated carbocycles. The summed E-state index contributed by atoms with van der Waals surface area (Å²) in [6, 6.07) is 5.76. The highest BCUT2D eigenvalue weighted by molar-refractivity contribution is 5.77. The fourth-order valence-corrected chi connectivity index (χ4v) is 2.13. The van der Waals surface area contributed by atoms with Crippen molar-refractivity contribution in [1.29, 1.82) is 0 Å². The second kappa shape index (κ2) is 9.23. The van der Waals surface area contributed by atoms with Gasteiger partial charge in [-0.3, -0.25) is 4.79 Å². The molecule has 0 saturated heterocycles. The third-order valence-electron chi connectivity index (χ3n) is 3.18. The van der Waals surface area contributed by atoms with E-state index >= 15 is 0 Å². The molecule has 1 aromatic rings. The van der Waals surface area contributed by atoms with Crippen molar-refractivity contribution in [3.05, 3.63) is 23.8 Å². The number of carbonyl (C=O) groups excluding carboxylic acids is 1. The summed E-state index contributed by atoms with van der Waals surface area (Å²) >= 11 is 0. The number of benzene rings is 1. The third kappa shape index (κ3) is 4.93. The second-order valence-corrected chi connectivity index (χ2v) is 4.56. The normalized spacial score (nSPS) is 10.3. The summed E-state index contributed by atoms with van der Waals surface area (Å²) in [4.78, 5) is 13.8. The molecule has 21 heavy (non-hydrogen) atoms. The highest BCUT2D eigenvalue weighted by atomic mass is 16.5. The first kappa shape index (κ1) is 17.3. The molecule has 5 heteroatoms. The van der Waals surface area contributed by atoms with E-state index in [4.69, 9.17) is 9.47 Å². The van der Waals surface area contributed by atoms with E-state index in [1.165, 1.54) is 0 Å². The number of hydrogen-bond acceptors (Lipinski definition) is 4. The van der Waals surface area contributed by atoms with E-state index in [2.05, 4.69) is 5.32 Å². The Morgan fingerprint density at radius 1 is 1.19 bits per heavy atom. The smallest absolute Gasteiger partial charge is 0.260 e. The van der Waals surface area contributed by atoms with Crippen LogP contribution in [0.3, 0.4) is 0 Å². The van der Waals surface area contributed by atoms with Crippen molar-refractivity contribution in [2.45, 2.75) is 27.3 Å². The standard InChI is InChI=1S/C16H26N2O3/c1-5-18(6-2)15(19)12-21-16-13(11-17-4)9-8-10-14(16)20-7-3/h8-10,17H,5-7,11-12H2,1-4H3. The lowest BCUT2D eigenvalue weighted by atomic mass is 10.2. The predicted octanol–water partition coefficient (Wildman–Crippen LogP) is 2.05. The number of para-hydroxylation sites is 1. The lowest BCUT2D eigenvalue weighted by Gasteiger charge is -2.20. The van der Waals surface area contributed by atoms with Gasteiger partial charge in [-0.2, -0.15) is 0 Å². The van der Waals surface area contributed by atoms with E-state index < -0.39 is 0 Å². The van der Waals surface area contributed by atoms with Crippen molar-refractivity contribution in [2.24, 2.45) is 0 Å². The molecule has 0 spiro atoms. The summed E-state index contributed by atoms with van der Waals surface area (Å²) in [7, 11) is 1.87. The summed E-state index contributed by atoms with van der Waals surface area (Å²) in [5.41, 5.74) is 0.982. The van der Waals surface area contributed by atoms with E-state index in [1.54, 1.807) is 4.90 Å². The molecule has 118 valence electrons. The summed E-state index contributed by atoms with van der Waals surface area (Å²) in [6.07, 6.45) is 0. The first-order valence-corrected chi connectivity index (χ1v) is 7.47. The Morgan fingerprint density at radius 3 is 2.48 bits per heavy atom. The average molecular weight is 294 g/mol. The Hall–Kier alpha value is -1.75. The topological polar surface area (TPSA) is 50.8 Å². The van der Waals surface area contributed by atoms with Crippen LogP contribution in [-0.4, -0.2) is 44.2 Å². The Morgan fingerprint density at radius 2 is 1.90 bits per heavy atom. The minimum Gasteiger partial charge on any atom is -0.490 e. The lowest BCUT2D eigenvalue weighted by molar-refractivity contribution is -0.133. The molecular weight excluding hydrogens is 268 g/mol. The van der Waals surface area contributed by atoms with Crippen LogP contribution >= 0.6 is 0 Å². The van der Waals surface area contributed by atoms with Crippen molar-refractivity contribution >= 4 is 5.91 Å². The molecule has 0 atom stereocenters. The maximum absolute atomic E-state index is 12.1. The van der Waals surface area contributed by atoms with Gasteiger partial charge < -0.3 is 19.7 Å². The largest absolute Gasteiger partial charge is 0.490 e. The highest BCUT2D eigenvalue weighted by Crippen LogP contribution is 2.31. The van der Waals surface area contributed by atoms with Crippen LogP contribution in [0.15, 0.2) is 18.2 Å². The van der Waals surface area contributed by atoms with Crippen LogP contribution in [-0.2, 0) is 11.3 Å². The number of hydrogen-bond donors (Lipinski definition) is 1. The summed E-state index contributed by atoms with van der Waals surface area (Å²) < 4.78 is 11.4. The summed E-state index contributed by atoms with van der Waals surface area (Å²) in [6.45, 7) is 8.48. The lowest BCUT2D eigenvalue weighted by Crippen LogP contribution is -2.34. The number of carbonyl (C=O) groups is 1. The molecule has 1 N–H and O–H groups in total. The average Bonchev–Trinajstić information content (AvgIpc) is 2.48. The van der Waals surface area contributed by atoms with Gasteiger partial charge in [0, 0.05) is 25.2 Å². The van der Waals surface area contributed by atoms with E-state index in [0.717, 1.165) is 5.56 Å². The molecule has 0 radical (unpaired) electrons. The quantitative estimate of drug-likeness (QED) is 0.757. The van der Waals surface area contributed by atoms with Crippen LogP contribution in [0, 0.1) is 0 Å². The third-order valence-corrected chi connectivity index (χ3v) is 3.18. The predicted molar refractivity (Wildman–Crippen MR) is 83.8 cm³/mol. The Kier molecular flexibility index (Phi) is 7.61. The number of nitrogens with zero attached hydrogens (tertiary/aromatic N) is 1. The van der Waals surface area contributed by atoms with Gasteiger partial charge in [-0.05, 0) is 33.9 Å². The SMILES string of the molecule is CCOc1cccc(CNC)c1OCC(=O)N(CC)CC. The van der Waals surface area contributed by atoms with Gasteiger partial charge in [-0.25, -0.2) is 0 Å². The zero-order valence-electron chi connectivity index (χ0n) is 13.4. The zero-order chi connectivity index (χ0) is 15.7. The van der Waals surface area contributed by atoms with Crippen molar-refractivity contribution in [2.75, 3.05) is 33.4 Å². The first-order valence-electron chi connectivity index (χ1n) is 7.47. The Labute approximate surface area is 127 Å². The zero-order valence-corrected chi connectivity index (χ0v) is 13.4. The number of ether oxygens (including phenoxy) is 2. The number of amides is 1. The molecule has 1 rings (SSSR count). The highest BCUT2D eigenvalue weighted by Gasteiger charge is 2.15. The molecule has 5 nitrogen and oxygen atoms in total. The Bertz CT molecular complexity index is 421. The van der Waals surface area contributed by atoms with Gasteiger partial charge in [0.25, 0.3) is 5.91 Å². The van der Waals surface area contributed by atoms with Gasteiger partial charge in [-0.15, -0.1) is 0 Å². The molecule has 1 aromatic carbocycles. The van der Waals surface area contributed by atoms with Crippen LogP contribution in [0.1, 0.15) is 26.3 Å². The summed E-state index contributed by atoms with van der Waals surface area (Å²) in [5, 5.41) is 3.10. The maximum Gasteiger partial charge on any atom is 0.260 e. The van der Waals surface area contributed by atoms with E-state index in [-0.39, 0.29) is 12.5 Å². The van der Waals surface area contributed by atoms with Gasteiger partial charge in [-0.1, -0.05) is 12.1 Å². The number of nitrogens with one attached hydrogen (secondary N) is 1. The van der Waals surface area contributed by atoms with E-state index in [0.29, 0.717) is 37.7 Å². The van der Waals surface area contributed by atoms with Crippen molar-refractivity contribution in [3.8, 4) is 11.5 Å². The Balaban J connectivity index is 2.86.